The van der Waals surface area contributed by atoms with Gasteiger partial charge in [0.05, 0.1) is 12.1 Å². The van der Waals surface area contributed by atoms with E-state index in [0.29, 0.717) is 18.7 Å². The van der Waals surface area contributed by atoms with Gasteiger partial charge in [0.25, 0.3) is 5.91 Å². The molecule has 2 aromatic rings. The summed E-state index contributed by atoms with van der Waals surface area (Å²) in [6.45, 7) is 2.71. The zero-order chi connectivity index (χ0) is 15.2. The molecule has 1 amide bonds. The van der Waals surface area contributed by atoms with Crippen molar-refractivity contribution in [3.8, 4) is 11.5 Å². The lowest BCUT2D eigenvalue weighted by atomic mass is 10.1. The molecule has 0 fully saturated rings. The summed E-state index contributed by atoms with van der Waals surface area (Å²) >= 11 is 0. The molecule has 1 N–H and O–H groups in total. The second-order valence-corrected chi connectivity index (χ2v) is 4.91. The van der Waals surface area contributed by atoms with Crippen molar-refractivity contribution in [3.63, 3.8) is 0 Å². The maximum Gasteiger partial charge on any atom is 0.257 e. The normalized spacial score (nSPS) is 10.2. The largest absolute Gasteiger partial charge is 0.507 e. The number of benzene rings is 2. The Morgan fingerprint density at radius 2 is 1.90 bits per heavy atom. The van der Waals surface area contributed by atoms with Crippen LogP contribution in [0.1, 0.15) is 15.9 Å². The summed E-state index contributed by atoms with van der Waals surface area (Å²) in [6.07, 6.45) is 0. The average molecular weight is 285 g/mol. The molecule has 0 aliphatic rings. The third kappa shape index (κ3) is 3.99. The number of phenols is 1. The first-order valence-corrected chi connectivity index (χ1v) is 6.81. The number of rotatable bonds is 5. The predicted octanol–water partition coefficient (Wildman–Crippen LogP) is 2.85. The minimum absolute atomic E-state index is 0.0100. The fraction of sp³-hybridized carbons (Fsp3) is 0.235. The molecular formula is C17H19NO3. The van der Waals surface area contributed by atoms with Crippen LogP contribution in [-0.2, 0) is 0 Å². The fourth-order valence-electron chi connectivity index (χ4n) is 1.95. The Morgan fingerprint density at radius 1 is 1.19 bits per heavy atom. The molecule has 2 aromatic carbocycles. The van der Waals surface area contributed by atoms with E-state index in [1.807, 2.05) is 37.3 Å². The van der Waals surface area contributed by atoms with Crippen molar-refractivity contribution in [1.82, 2.24) is 4.90 Å². The summed E-state index contributed by atoms with van der Waals surface area (Å²) in [5.74, 6) is 0.566. The summed E-state index contributed by atoms with van der Waals surface area (Å²) in [5, 5.41) is 9.84. The van der Waals surface area contributed by atoms with Gasteiger partial charge in [0.2, 0.25) is 0 Å². The highest BCUT2D eigenvalue weighted by atomic mass is 16.5. The molecule has 110 valence electrons. The van der Waals surface area contributed by atoms with Gasteiger partial charge in [-0.25, -0.2) is 0 Å². The van der Waals surface area contributed by atoms with Gasteiger partial charge in [-0.15, -0.1) is 0 Å². The van der Waals surface area contributed by atoms with E-state index >= 15 is 0 Å². The SMILES string of the molecule is Cc1ccc(C(=O)N(C)CCOc2ccccc2)c(O)c1. The monoisotopic (exact) mass is 285 g/mol. The molecule has 4 heteroatoms. The molecule has 0 bridgehead atoms. The maximum atomic E-state index is 12.2. The molecule has 0 saturated heterocycles. The topological polar surface area (TPSA) is 49.8 Å². The third-order valence-corrected chi connectivity index (χ3v) is 3.17. The summed E-state index contributed by atoms with van der Waals surface area (Å²) in [7, 11) is 1.69. The van der Waals surface area contributed by atoms with Crippen LogP contribution in [0, 0.1) is 6.92 Å². The van der Waals surface area contributed by atoms with Gasteiger partial charge in [-0.3, -0.25) is 4.79 Å². The van der Waals surface area contributed by atoms with Gasteiger partial charge in [-0.1, -0.05) is 24.3 Å². The summed E-state index contributed by atoms with van der Waals surface area (Å²) < 4.78 is 5.56. The number of hydrogen-bond acceptors (Lipinski definition) is 3. The predicted molar refractivity (Wildman–Crippen MR) is 81.7 cm³/mol. The molecule has 0 atom stereocenters. The number of carbonyl (C=O) groups excluding carboxylic acids is 1. The van der Waals surface area contributed by atoms with Gasteiger partial charge in [0, 0.05) is 7.05 Å². The van der Waals surface area contributed by atoms with E-state index in [9.17, 15) is 9.90 Å². The van der Waals surface area contributed by atoms with Gasteiger partial charge in [0.1, 0.15) is 18.1 Å². The van der Waals surface area contributed by atoms with Crippen molar-refractivity contribution in [2.24, 2.45) is 0 Å². The number of nitrogens with zero attached hydrogens (tertiary/aromatic N) is 1. The lowest BCUT2D eigenvalue weighted by Crippen LogP contribution is -2.30. The highest BCUT2D eigenvalue weighted by Gasteiger charge is 2.15. The smallest absolute Gasteiger partial charge is 0.257 e. The number of phenolic OH excluding ortho intramolecular Hbond substituents is 1. The Bertz CT molecular complexity index is 611. The summed E-state index contributed by atoms with van der Waals surface area (Å²) in [6, 6.07) is 14.5. The molecule has 0 unspecified atom stereocenters. The van der Waals surface area contributed by atoms with E-state index in [-0.39, 0.29) is 11.7 Å². The number of amides is 1. The number of carbonyl (C=O) groups is 1. The molecule has 0 saturated carbocycles. The minimum atomic E-state index is -0.218. The Hall–Kier alpha value is -2.49. The first kappa shape index (κ1) is 14.9. The molecule has 0 aliphatic carbocycles. The zero-order valence-corrected chi connectivity index (χ0v) is 12.2. The molecule has 0 radical (unpaired) electrons. The Labute approximate surface area is 124 Å². The Balaban J connectivity index is 1.90. The summed E-state index contributed by atoms with van der Waals surface area (Å²) in [4.78, 5) is 13.8. The molecule has 21 heavy (non-hydrogen) atoms. The first-order chi connectivity index (χ1) is 10.1. The van der Waals surface area contributed by atoms with Crippen LogP contribution in [0.2, 0.25) is 0 Å². The average Bonchev–Trinajstić information content (AvgIpc) is 2.47. The van der Waals surface area contributed by atoms with Crippen LogP contribution in [0.4, 0.5) is 0 Å². The molecule has 0 spiro atoms. The lowest BCUT2D eigenvalue weighted by Gasteiger charge is -2.18. The van der Waals surface area contributed by atoms with Crippen LogP contribution in [0.3, 0.4) is 0 Å². The molecule has 0 aromatic heterocycles. The fourth-order valence-corrected chi connectivity index (χ4v) is 1.95. The van der Waals surface area contributed by atoms with Gasteiger partial charge < -0.3 is 14.7 Å². The van der Waals surface area contributed by atoms with Crippen LogP contribution in [-0.4, -0.2) is 36.1 Å². The van der Waals surface area contributed by atoms with Crippen LogP contribution < -0.4 is 4.74 Å². The van der Waals surface area contributed by atoms with Crippen molar-refractivity contribution < 1.29 is 14.6 Å². The summed E-state index contributed by atoms with van der Waals surface area (Å²) in [5.41, 5.74) is 1.22. The van der Waals surface area contributed by atoms with Crippen LogP contribution in [0.15, 0.2) is 48.5 Å². The molecular weight excluding hydrogens is 266 g/mol. The van der Waals surface area contributed by atoms with Crippen LogP contribution in [0.5, 0.6) is 11.5 Å². The van der Waals surface area contributed by atoms with Gasteiger partial charge in [-0.05, 0) is 36.8 Å². The van der Waals surface area contributed by atoms with E-state index in [1.165, 1.54) is 4.90 Å². The number of likely N-dealkylation sites (N-methyl/N-ethyl adjacent to an activating group) is 1. The highest BCUT2D eigenvalue weighted by Crippen LogP contribution is 2.19. The number of aryl methyl sites for hydroxylation is 1. The van der Waals surface area contributed by atoms with E-state index < -0.39 is 0 Å². The van der Waals surface area contributed by atoms with E-state index in [2.05, 4.69) is 0 Å². The number of para-hydroxylation sites is 1. The van der Waals surface area contributed by atoms with Crippen molar-refractivity contribution in [2.75, 3.05) is 20.2 Å². The molecule has 4 nitrogen and oxygen atoms in total. The van der Waals surface area contributed by atoms with Crippen molar-refractivity contribution in [2.45, 2.75) is 6.92 Å². The van der Waals surface area contributed by atoms with E-state index in [1.54, 1.807) is 25.2 Å². The minimum Gasteiger partial charge on any atom is -0.507 e. The molecule has 0 heterocycles. The number of hydrogen-bond donors (Lipinski definition) is 1. The van der Waals surface area contributed by atoms with Crippen LogP contribution in [0.25, 0.3) is 0 Å². The van der Waals surface area contributed by atoms with Crippen molar-refractivity contribution in [1.29, 1.82) is 0 Å². The number of ether oxygens (including phenoxy) is 1. The lowest BCUT2D eigenvalue weighted by molar-refractivity contribution is 0.0771. The zero-order valence-electron chi connectivity index (χ0n) is 12.2. The van der Waals surface area contributed by atoms with E-state index in [4.69, 9.17) is 4.74 Å². The molecule has 0 aliphatic heterocycles. The van der Waals surface area contributed by atoms with Gasteiger partial charge in [0.15, 0.2) is 0 Å². The van der Waals surface area contributed by atoms with Crippen LogP contribution >= 0.6 is 0 Å². The maximum absolute atomic E-state index is 12.2. The Morgan fingerprint density at radius 3 is 2.57 bits per heavy atom. The van der Waals surface area contributed by atoms with E-state index in [0.717, 1.165) is 11.3 Å². The number of aromatic hydroxyl groups is 1. The third-order valence-electron chi connectivity index (χ3n) is 3.17. The van der Waals surface area contributed by atoms with Crippen molar-refractivity contribution in [3.05, 3.63) is 59.7 Å². The quantitative estimate of drug-likeness (QED) is 0.919. The van der Waals surface area contributed by atoms with Crippen molar-refractivity contribution >= 4 is 5.91 Å². The Kier molecular flexibility index (Phi) is 4.82. The highest BCUT2D eigenvalue weighted by molar-refractivity contribution is 5.96. The second kappa shape index (κ2) is 6.79. The van der Waals surface area contributed by atoms with Gasteiger partial charge in [-0.2, -0.15) is 0 Å². The second-order valence-electron chi connectivity index (χ2n) is 4.91. The van der Waals surface area contributed by atoms with Gasteiger partial charge >= 0.3 is 0 Å². The standard InChI is InChI=1S/C17H19NO3/c1-13-8-9-15(16(19)12-13)17(20)18(2)10-11-21-14-6-4-3-5-7-14/h3-9,12,19H,10-11H2,1-2H3. The molecule has 2 rings (SSSR count). The first-order valence-electron chi connectivity index (χ1n) is 6.81.